The average molecular weight is 366 g/mol. The highest BCUT2D eigenvalue weighted by atomic mass is 19.4. The summed E-state index contributed by atoms with van der Waals surface area (Å²) in [4.78, 5) is 0. The largest absolute Gasteiger partial charge is 0.573 e. The summed E-state index contributed by atoms with van der Waals surface area (Å²) in [6.07, 6.45) is -9.78. The van der Waals surface area contributed by atoms with Gasteiger partial charge in [-0.05, 0) is 28.8 Å². The molecule has 0 saturated carbocycles. The first kappa shape index (κ1) is 18.9. The highest BCUT2D eigenvalue weighted by molar-refractivity contribution is 5.67. The molecule has 0 atom stereocenters. The zero-order valence-corrected chi connectivity index (χ0v) is 12.5. The van der Waals surface area contributed by atoms with Gasteiger partial charge in [-0.15, -0.1) is 13.2 Å². The smallest absolute Gasteiger partial charge is 0.480 e. The monoisotopic (exact) mass is 366 g/mol. The molecule has 0 unspecified atom stereocenters. The second-order valence-electron chi connectivity index (χ2n) is 4.97. The van der Waals surface area contributed by atoms with Crippen molar-refractivity contribution in [3.8, 4) is 22.6 Å². The van der Waals surface area contributed by atoms with E-state index in [4.69, 9.17) is 5.11 Å². The van der Waals surface area contributed by atoms with E-state index in [2.05, 4.69) is 9.47 Å². The van der Waals surface area contributed by atoms with Crippen LogP contribution >= 0.6 is 0 Å². The van der Waals surface area contributed by atoms with Crippen molar-refractivity contribution in [3.63, 3.8) is 0 Å². The molecule has 2 aromatic carbocycles. The topological polar surface area (TPSA) is 38.7 Å². The zero-order valence-electron chi connectivity index (χ0n) is 12.5. The van der Waals surface area contributed by atoms with E-state index in [0.29, 0.717) is 16.7 Å². The molecule has 0 aromatic heterocycles. The molecule has 0 spiro atoms. The van der Waals surface area contributed by atoms with Crippen molar-refractivity contribution in [1.29, 1.82) is 0 Å². The number of hydrogen-bond donors (Lipinski definition) is 1. The first-order valence-electron chi connectivity index (χ1n) is 6.87. The molecule has 2 aromatic rings. The SMILES string of the molecule is OCc1ccc(-c2ccc(OC(F)(F)F)c(OCC(F)(F)F)c2)cc1. The van der Waals surface area contributed by atoms with E-state index in [1.165, 1.54) is 6.07 Å². The lowest BCUT2D eigenvalue weighted by atomic mass is 10.0. The van der Waals surface area contributed by atoms with Gasteiger partial charge >= 0.3 is 12.5 Å². The van der Waals surface area contributed by atoms with Crippen LogP contribution in [0.15, 0.2) is 42.5 Å². The van der Waals surface area contributed by atoms with Crippen molar-refractivity contribution in [3.05, 3.63) is 48.0 Å². The average Bonchev–Trinajstić information content (AvgIpc) is 2.52. The van der Waals surface area contributed by atoms with E-state index < -0.39 is 30.6 Å². The van der Waals surface area contributed by atoms with Gasteiger partial charge in [0.2, 0.25) is 0 Å². The highest BCUT2D eigenvalue weighted by Gasteiger charge is 2.34. The molecule has 3 nitrogen and oxygen atoms in total. The molecule has 0 aliphatic heterocycles. The second-order valence-corrected chi connectivity index (χ2v) is 4.97. The predicted octanol–water partition coefficient (Wildman–Crippen LogP) is 4.69. The molecule has 9 heteroatoms. The second kappa shape index (κ2) is 7.22. The Balaban J connectivity index is 2.35. The summed E-state index contributed by atoms with van der Waals surface area (Å²) < 4.78 is 82.2. The predicted molar refractivity (Wildman–Crippen MR) is 76.0 cm³/mol. The van der Waals surface area contributed by atoms with Crippen LogP contribution in [0.3, 0.4) is 0 Å². The maximum Gasteiger partial charge on any atom is 0.573 e. The Morgan fingerprint density at radius 2 is 1.40 bits per heavy atom. The van der Waals surface area contributed by atoms with Crippen molar-refractivity contribution in [2.75, 3.05) is 6.61 Å². The molecule has 0 fully saturated rings. The quantitative estimate of drug-likeness (QED) is 0.781. The molecule has 0 bridgehead atoms. The van der Waals surface area contributed by atoms with Crippen molar-refractivity contribution >= 4 is 0 Å². The Morgan fingerprint density at radius 3 is 1.92 bits per heavy atom. The lowest BCUT2D eigenvalue weighted by molar-refractivity contribution is -0.275. The van der Waals surface area contributed by atoms with E-state index in [-0.39, 0.29) is 6.61 Å². The molecule has 136 valence electrons. The first-order chi connectivity index (χ1) is 11.6. The van der Waals surface area contributed by atoms with Gasteiger partial charge in [0.1, 0.15) is 0 Å². The molecule has 0 amide bonds. The molecule has 0 aliphatic carbocycles. The summed E-state index contributed by atoms with van der Waals surface area (Å²) in [6, 6.07) is 9.46. The van der Waals surface area contributed by atoms with Gasteiger partial charge < -0.3 is 14.6 Å². The summed E-state index contributed by atoms with van der Waals surface area (Å²) in [5.41, 5.74) is 1.46. The molecule has 0 radical (unpaired) electrons. The van der Waals surface area contributed by atoms with Crippen LogP contribution in [0.5, 0.6) is 11.5 Å². The normalized spacial score (nSPS) is 12.1. The van der Waals surface area contributed by atoms with Gasteiger partial charge in [-0.2, -0.15) is 13.2 Å². The Morgan fingerprint density at radius 1 is 0.800 bits per heavy atom. The Kier molecular flexibility index (Phi) is 5.46. The fourth-order valence-electron chi connectivity index (χ4n) is 1.97. The number of benzene rings is 2. The van der Waals surface area contributed by atoms with Gasteiger partial charge in [-0.1, -0.05) is 30.3 Å². The van der Waals surface area contributed by atoms with E-state index in [1.54, 1.807) is 24.3 Å². The van der Waals surface area contributed by atoms with Gasteiger partial charge in [0.15, 0.2) is 18.1 Å². The summed E-state index contributed by atoms with van der Waals surface area (Å²) in [6.45, 7) is -1.95. The Bertz CT molecular complexity index is 707. The van der Waals surface area contributed by atoms with Crippen LogP contribution in [0.4, 0.5) is 26.3 Å². The maximum absolute atomic E-state index is 12.4. The number of ether oxygens (including phenoxy) is 2. The van der Waals surface area contributed by atoms with Crippen LogP contribution in [0.1, 0.15) is 5.56 Å². The summed E-state index contributed by atoms with van der Waals surface area (Å²) in [7, 11) is 0. The number of aliphatic hydroxyl groups is 1. The third-order valence-corrected chi connectivity index (χ3v) is 3.03. The third-order valence-electron chi connectivity index (χ3n) is 3.03. The first-order valence-corrected chi connectivity index (χ1v) is 6.87. The summed E-state index contributed by atoms with van der Waals surface area (Å²) >= 11 is 0. The van der Waals surface area contributed by atoms with Crippen LogP contribution in [0, 0.1) is 0 Å². The number of aliphatic hydroxyl groups excluding tert-OH is 1. The highest BCUT2D eigenvalue weighted by Crippen LogP contribution is 2.36. The van der Waals surface area contributed by atoms with Crippen LogP contribution in [0.2, 0.25) is 0 Å². The number of rotatable bonds is 5. The fourth-order valence-corrected chi connectivity index (χ4v) is 1.97. The number of hydrogen-bond acceptors (Lipinski definition) is 3. The van der Waals surface area contributed by atoms with E-state index in [9.17, 15) is 26.3 Å². The van der Waals surface area contributed by atoms with Crippen LogP contribution in [-0.2, 0) is 6.61 Å². The van der Waals surface area contributed by atoms with E-state index in [1.807, 2.05) is 0 Å². The zero-order chi connectivity index (χ0) is 18.7. The van der Waals surface area contributed by atoms with Gasteiger partial charge in [0.25, 0.3) is 0 Å². The minimum atomic E-state index is -5.07. The van der Waals surface area contributed by atoms with Gasteiger partial charge in [-0.3, -0.25) is 0 Å². The minimum Gasteiger partial charge on any atom is -0.480 e. The van der Waals surface area contributed by atoms with Gasteiger partial charge in [-0.25, -0.2) is 0 Å². The fraction of sp³-hybridized carbons (Fsp3) is 0.250. The van der Waals surface area contributed by atoms with E-state index >= 15 is 0 Å². The lowest BCUT2D eigenvalue weighted by Crippen LogP contribution is -2.21. The lowest BCUT2D eigenvalue weighted by Gasteiger charge is -2.16. The maximum atomic E-state index is 12.4. The van der Waals surface area contributed by atoms with Crippen molar-refractivity contribution in [2.24, 2.45) is 0 Å². The molecule has 0 heterocycles. The Labute approximate surface area is 138 Å². The standard InChI is InChI=1S/C16H12F6O3/c17-15(18,19)9-24-14-7-12(5-6-13(14)25-16(20,21)22)11-3-1-10(8-23)2-4-11/h1-7,23H,8-9H2. The van der Waals surface area contributed by atoms with Crippen molar-refractivity contribution in [1.82, 2.24) is 0 Å². The molecule has 1 N–H and O–H groups in total. The van der Waals surface area contributed by atoms with Gasteiger partial charge in [0.05, 0.1) is 6.61 Å². The molecule has 0 saturated heterocycles. The molecule has 2 rings (SSSR count). The summed E-state index contributed by atoms with van der Waals surface area (Å²) in [5.74, 6) is -1.55. The molecule has 0 aliphatic rings. The van der Waals surface area contributed by atoms with Crippen molar-refractivity contribution < 1.29 is 40.9 Å². The van der Waals surface area contributed by atoms with Crippen molar-refractivity contribution in [2.45, 2.75) is 19.1 Å². The van der Waals surface area contributed by atoms with Crippen LogP contribution < -0.4 is 9.47 Å². The van der Waals surface area contributed by atoms with Gasteiger partial charge in [0, 0.05) is 0 Å². The molecular weight excluding hydrogens is 354 g/mol. The van der Waals surface area contributed by atoms with E-state index in [0.717, 1.165) is 12.1 Å². The third kappa shape index (κ3) is 5.86. The molecule has 25 heavy (non-hydrogen) atoms. The minimum absolute atomic E-state index is 0.196. The molecular formula is C16H12F6O3. The van der Waals surface area contributed by atoms with Crippen LogP contribution in [0.25, 0.3) is 11.1 Å². The number of alkyl halides is 6. The summed E-state index contributed by atoms with van der Waals surface area (Å²) in [5, 5.41) is 8.98. The Hall–Kier alpha value is -2.42. The van der Waals surface area contributed by atoms with Crippen LogP contribution in [-0.4, -0.2) is 24.3 Å². The number of halogens is 6.